The van der Waals surface area contributed by atoms with E-state index in [1.54, 1.807) is 67.7 Å². The molecule has 2 aromatic heterocycles. The van der Waals surface area contributed by atoms with Crippen molar-refractivity contribution in [2.24, 2.45) is 0 Å². The quantitative estimate of drug-likeness (QED) is 0.423. The Balaban J connectivity index is 1.36. The van der Waals surface area contributed by atoms with Crippen LogP contribution in [0.5, 0.6) is 11.6 Å². The minimum Gasteiger partial charge on any atom is -0.437 e. The van der Waals surface area contributed by atoms with Gasteiger partial charge in [0.2, 0.25) is 5.88 Å². The zero-order valence-corrected chi connectivity index (χ0v) is 18.2. The zero-order chi connectivity index (χ0) is 23.5. The summed E-state index contributed by atoms with van der Waals surface area (Å²) in [5.41, 5.74) is 2.16. The molecule has 2 heterocycles. The van der Waals surface area contributed by atoms with Gasteiger partial charge in [-0.3, -0.25) is 19.1 Å². The highest BCUT2D eigenvalue weighted by Crippen LogP contribution is 2.23. The molecular formula is C26H19N5O3. The van der Waals surface area contributed by atoms with Crippen LogP contribution in [0, 0.1) is 6.92 Å². The molecular weight excluding hydrogens is 430 g/mol. The first kappa shape index (κ1) is 21.0. The maximum atomic E-state index is 13.0. The second-order valence-corrected chi connectivity index (χ2v) is 7.49. The largest absolute Gasteiger partial charge is 0.437 e. The number of rotatable bonds is 5. The smallest absolute Gasteiger partial charge is 0.265 e. The SMILES string of the molecule is Cc1nc2ccccc2c(=O)n1-c1ccc(C(=O)Nc2cccc(Oc3cnccn3)c2)cc1. The first-order valence-electron chi connectivity index (χ1n) is 10.5. The van der Waals surface area contributed by atoms with Gasteiger partial charge in [-0.15, -0.1) is 0 Å². The summed E-state index contributed by atoms with van der Waals surface area (Å²) >= 11 is 0. The highest BCUT2D eigenvalue weighted by Gasteiger charge is 2.12. The lowest BCUT2D eigenvalue weighted by atomic mass is 10.1. The van der Waals surface area contributed by atoms with Crippen molar-refractivity contribution in [3.05, 3.63) is 113 Å². The molecule has 166 valence electrons. The predicted molar refractivity (Wildman–Crippen MR) is 129 cm³/mol. The summed E-state index contributed by atoms with van der Waals surface area (Å²) < 4.78 is 7.20. The first-order chi connectivity index (χ1) is 16.6. The van der Waals surface area contributed by atoms with Gasteiger partial charge in [-0.05, 0) is 55.5 Å². The van der Waals surface area contributed by atoms with Crippen molar-refractivity contribution < 1.29 is 9.53 Å². The number of nitrogens with one attached hydrogen (secondary N) is 1. The molecule has 0 aliphatic carbocycles. The van der Waals surface area contributed by atoms with E-state index in [0.29, 0.717) is 45.3 Å². The van der Waals surface area contributed by atoms with E-state index in [1.165, 1.54) is 17.0 Å². The number of amides is 1. The average molecular weight is 449 g/mol. The molecule has 5 rings (SSSR count). The summed E-state index contributed by atoms with van der Waals surface area (Å²) in [6.07, 6.45) is 4.60. The molecule has 0 spiro atoms. The summed E-state index contributed by atoms with van der Waals surface area (Å²) in [5, 5.41) is 3.40. The number of fused-ring (bicyclic) bond motifs is 1. The number of para-hydroxylation sites is 1. The van der Waals surface area contributed by atoms with Gasteiger partial charge < -0.3 is 10.1 Å². The summed E-state index contributed by atoms with van der Waals surface area (Å²) in [6, 6.07) is 21.0. The molecule has 0 unspecified atom stereocenters. The molecule has 0 radical (unpaired) electrons. The number of anilines is 1. The third-order valence-corrected chi connectivity index (χ3v) is 5.18. The molecule has 8 heteroatoms. The Morgan fingerprint density at radius 3 is 2.59 bits per heavy atom. The van der Waals surface area contributed by atoms with Crippen LogP contribution >= 0.6 is 0 Å². The maximum Gasteiger partial charge on any atom is 0.265 e. The Morgan fingerprint density at radius 2 is 1.79 bits per heavy atom. The van der Waals surface area contributed by atoms with Crippen LogP contribution < -0.4 is 15.6 Å². The van der Waals surface area contributed by atoms with Crippen LogP contribution in [0.3, 0.4) is 0 Å². The van der Waals surface area contributed by atoms with Crippen LogP contribution in [-0.4, -0.2) is 25.4 Å². The Kier molecular flexibility index (Phi) is 5.53. The van der Waals surface area contributed by atoms with E-state index >= 15 is 0 Å². The molecule has 0 saturated heterocycles. The predicted octanol–water partition coefficient (Wildman–Crippen LogP) is 4.53. The van der Waals surface area contributed by atoms with Crippen LogP contribution in [0.15, 0.2) is 96.2 Å². The molecule has 3 aromatic carbocycles. The second kappa shape index (κ2) is 8.95. The maximum absolute atomic E-state index is 13.0. The number of hydrogen-bond acceptors (Lipinski definition) is 6. The van der Waals surface area contributed by atoms with Gasteiger partial charge in [-0.1, -0.05) is 18.2 Å². The van der Waals surface area contributed by atoms with Crippen LogP contribution in [0.25, 0.3) is 16.6 Å². The number of hydrogen-bond donors (Lipinski definition) is 1. The lowest BCUT2D eigenvalue weighted by molar-refractivity contribution is 0.102. The molecule has 0 atom stereocenters. The van der Waals surface area contributed by atoms with Crippen LogP contribution in [0.2, 0.25) is 0 Å². The highest BCUT2D eigenvalue weighted by atomic mass is 16.5. The third kappa shape index (κ3) is 4.24. The van der Waals surface area contributed by atoms with E-state index in [9.17, 15) is 9.59 Å². The van der Waals surface area contributed by atoms with Gasteiger partial charge >= 0.3 is 0 Å². The number of carbonyl (C=O) groups excluding carboxylic acids is 1. The molecule has 0 saturated carbocycles. The van der Waals surface area contributed by atoms with Gasteiger partial charge in [0.15, 0.2) is 0 Å². The van der Waals surface area contributed by atoms with Gasteiger partial charge in [0, 0.05) is 29.7 Å². The molecule has 0 bridgehead atoms. The van der Waals surface area contributed by atoms with Gasteiger partial charge in [0.1, 0.15) is 11.6 Å². The standard InChI is InChI=1S/C26H19N5O3/c1-17-29-23-8-3-2-7-22(23)26(33)31(17)20-11-9-18(10-12-20)25(32)30-19-5-4-6-21(15-19)34-24-16-27-13-14-28-24/h2-16H,1H3,(H,30,32). The summed E-state index contributed by atoms with van der Waals surface area (Å²) in [7, 11) is 0. The molecule has 34 heavy (non-hydrogen) atoms. The Bertz CT molecular complexity index is 1550. The van der Waals surface area contributed by atoms with Crippen LogP contribution in [0.1, 0.15) is 16.2 Å². The molecule has 1 amide bonds. The Labute approximate surface area is 194 Å². The lowest BCUT2D eigenvalue weighted by Crippen LogP contribution is -2.22. The normalized spacial score (nSPS) is 10.7. The topological polar surface area (TPSA) is 99.0 Å². The minimum absolute atomic E-state index is 0.153. The minimum atomic E-state index is -0.288. The van der Waals surface area contributed by atoms with Gasteiger partial charge in [0.25, 0.3) is 11.5 Å². The fourth-order valence-corrected chi connectivity index (χ4v) is 3.61. The van der Waals surface area contributed by atoms with E-state index in [-0.39, 0.29) is 11.5 Å². The van der Waals surface area contributed by atoms with Crippen molar-refractivity contribution >= 4 is 22.5 Å². The average Bonchev–Trinajstić information content (AvgIpc) is 2.85. The molecule has 5 aromatic rings. The molecule has 0 aliphatic rings. The number of ether oxygens (including phenoxy) is 1. The Morgan fingerprint density at radius 1 is 0.971 bits per heavy atom. The summed E-state index contributed by atoms with van der Waals surface area (Å²) in [4.78, 5) is 38.3. The van der Waals surface area contributed by atoms with Crippen LogP contribution in [0.4, 0.5) is 5.69 Å². The van der Waals surface area contributed by atoms with E-state index < -0.39 is 0 Å². The van der Waals surface area contributed by atoms with Crippen LogP contribution in [-0.2, 0) is 0 Å². The van der Waals surface area contributed by atoms with Crippen molar-refractivity contribution in [1.82, 2.24) is 19.5 Å². The van der Waals surface area contributed by atoms with Gasteiger partial charge in [-0.25, -0.2) is 9.97 Å². The Hall–Kier alpha value is -4.85. The monoisotopic (exact) mass is 449 g/mol. The zero-order valence-electron chi connectivity index (χ0n) is 18.2. The fraction of sp³-hybridized carbons (Fsp3) is 0.0385. The molecule has 0 aliphatic heterocycles. The lowest BCUT2D eigenvalue weighted by Gasteiger charge is -2.12. The number of benzene rings is 3. The van der Waals surface area contributed by atoms with Crippen molar-refractivity contribution in [2.45, 2.75) is 6.92 Å². The molecule has 8 nitrogen and oxygen atoms in total. The second-order valence-electron chi connectivity index (χ2n) is 7.49. The summed E-state index contributed by atoms with van der Waals surface area (Å²) in [5.74, 6) is 1.16. The number of aryl methyl sites for hydroxylation is 1. The molecule has 0 fully saturated rings. The van der Waals surface area contributed by atoms with E-state index in [2.05, 4.69) is 20.3 Å². The van der Waals surface area contributed by atoms with Gasteiger partial charge in [0.05, 0.1) is 22.8 Å². The third-order valence-electron chi connectivity index (χ3n) is 5.18. The van der Waals surface area contributed by atoms with Crippen molar-refractivity contribution in [3.63, 3.8) is 0 Å². The fourth-order valence-electron chi connectivity index (χ4n) is 3.61. The first-order valence-corrected chi connectivity index (χ1v) is 10.5. The van der Waals surface area contributed by atoms with E-state index in [4.69, 9.17) is 4.74 Å². The van der Waals surface area contributed by atoms with Crippen molar-refractivity contribution in [3.8, 4) is 17.3 Å². The van der Waals surface area contributed by atoms with Crippen molar-refractivity contribution in [2.75, 3.05) is 5.32 Å². The number of aromatic nitrogens is 4. The summed E-state index contributed by atoms with van der Waals surface area (Å²) in [6.45, 7) is 1.78. The van der Waals surface area contributed by atoms with E-state index in [1.807, 2.05) is 18.2 Å². The van der Waals surface area contributed by atoms with Crippen molar-refractivity contribution in [1.29, 1.82) is 0 Å². The van der Waals surface area contributed by atoms with E-state index in [0.717, 1.165) is 0 Å². The highest BCUT2D eigenvalue weighted by molar-refractivity contribution is 6.04. The number of nitrogens with zero attached hydrogens (tertiary/aromatic N) is 4. The number of carbonyl (C=O) groups is 1. The molecule has 1 N–H and O–H groups in total. The van der Waals surface area contributed by atoms with Gasteiger partial charge in [-0.2, -0.15) is 0 Å².